The fourth-order valence-corrected chi connectivity index (χ4v) is 2.91. The van der Waals surface area contributed by atoms with Crippen molar-refractivity contribution in [1.29, 1.82) is 0 Å². The molecule has 27 heavy (non-hydrogen) atoms. The number of hydrogen-bond acceptors (Lipinski definition) is 5. The number of nitrogens with zero attached hydrogens (tertiary/aromatic N) is 1. The minimum Gasteiger partial charge on any atom is -0.490 e. The van der Waals surface area contributed by atoms with Crippen LogP contribution in [0, 0.1) is 10.1 Å². The summed E-state index contributed by atoms with van der Waals surface area (Å²) in [6.45, 7) is 4.22. The smallest absolute Gasteiger partial charge is 0.273 e. The van der Waals surface area contributed by atoms with Crippen molar-refractivity contribution in [2.75, 3.05) is 6.61 Å². The summed E-state index contributed by atoms with van der Waals surface area (Å²) in [4.78, 5) is 22.9. The number of nitro groups is 1. The average Bonchev–Trinajstić information content (AvgIpc) is 3.07. The van der Waals surface area contributed by atoms with Crippen LogP contribution in [0.1, 0.15) is 31.2 Å². The van der Waals surface area contributed by atoms with Crippen LogP contribution < -0.4 is 10.1 Å². The number of carbonyl (C=O) groups excluding carboxylic acids is 1. The lowest BCUT2D eigenvalue weighted by Gasteiger charge is -2.11. The quantitative estimate of drug-likeness (QED) is 0.499. The fraction of sp³-hybridized carbons (Fsp3) is 0.250. The molecule has 7 nitrogen and oxygen atoms in total. The van der Waals surface area contributed by atoms with E-state index in [4.69, 9.17) is 9.15 Å². The average molecular weight is 368 g/mol. The number of benzene rings is 2. The van der Waals surface area contributed by atoms with Crippen LogP contribution in [-0.2, 0) is 11.2 Å². The van der Waals surface area contributed by atoms with Crippen LogP contribution in [0.4, 0.5) is 5.69 Å². The third-order valence-electron chi connectivity index (χ3n) is 4.17. The lowest BCUT2D eigenvalue weighted by atomic mass is 10.1. The van der Waals surface area contributed by atoms with E-state index in [0.717, 1.165) is 5.39 Å². The Kier molecular flexibility index (Phi) is 5.40. The van der Waals surface area contributed by atoms with Crippen LogP contribution in [0.15, 0.2) is 52.9 Å². The Hall–Kier alpha value is -3.35. The standard InChI is InChI=1S/C20H20N2O5/c1-3-26-17-10-6-8-15-11-18(27-20(15)17)13(2)21-19(23)12-14-7-4-5-9-16(14)22(24)25/h4-11,13H,3,12H2,1-2H3,(H,21,23). The summed E-state index contributed by atoms with van der Waals surface area (Å²) < 4.78 is 11.4. The van der Waals surface area contributed by atoms with Gasteiger partial charge >= 0.3 is 0 Å². The maximum atomic E-state index is 12.4. The molecule has 1 heterocycles. The Morgan fingerprint density at radius 2 is 2.04 bits per heavy atom. The topological polar surface area (TPSA) is 94.6 Å². The molecule has 3 rings (SSSR count). The predicted octanol–water partition coefficient (Wildman–Crippen LogP) is 4.16. The minimum absolute atomic E-state index is 0.0644. The number of hydrogen-bond donors (Lipinski definition) is 1. The van der Waals surface area contributed by atoms with Gasteiger partial charge in [-0.15, -0.1) is 0 Å². The molecule has 1 aromatic heterocycles. The van der Waals surface area contributed by atoms with Crippen molar-refractivity contribution in [3.8, 4) is 5.75 Å². The molecule has 7 heteroatoms. The zero-order chi connectivity index (χ0) is 19.4. The molecule has 2 aromatic carbocycles. The first-order valence-corrected chi connectivity index (χ1v) is 8.66. The number of furan rings is 1. The Labute approximate surface area is 156 Å². The molecule has 0 spiro atoms. The van der Waals surface area contributed by atoms with E-state index in [9.17, 15) is 14.9 Å². The summed E-state index contributed by atoms with van der Waals surface area (Å²) in [6.07, 6.45) is -0.0775. The van der Waals surface area contributed by atoms with E-state index in [-0.39, 0.29) is 24.1 Å². The molecule has 1 unspecified atom stereocenters. The summed E-state index contributed by atoms with van der Waals surface area (Å²) in [5.74, 6) is 0.926. The SMILES string of the molecule is CCOc1cccc2cc(C(C)NC(=O)Cc3ccccc3[N+](=O)[O-])oc12. The summed E-state index contributed by atoms with van der Waals surface area (Å²) in [6, 6.07) is 13.3. The van der Waals surface area contributed by atoms with Crippen molar-refractivity contribution >= 4 is 22.6 Å². The fourth-order valence-electron chi connectivity index (χ4n) is 2.91. The van der Waals surface area contributed by atoms with Crippen LogP contribution >= 0.6 is 0 Å². The lowest BCUT2D eigenvalue weighted by Crippen LogP contribution is -2.28. The van der Waals surface area contributed by atoms with Gasteiger partial charge in [-0.25, -0.2) is 0 Å². The van der Waals surface area contributed by atoms with Crippen molar-refractivity contribution in [3.05, 3.63) is 70.0 Å². The molecule has 0 radical (unpaired) electrons. The van der Waals surface area contributed by atoms with Gasteiger partial charge in [-0.2, -0.15) is 0 Å². The van der Waals surface area contributed by atoms with Gasteiger partial charge in [-0.05, 0) is 26.0 Å². The highest BCUT2D eigenvalue weighted by Crippen LogP contribution is 2.31. The molecule has 0 saturated heterocycles. The van der Waals surface area contributed by atoms with Gasteiger partial charge in [-0.1, -0.05) is 30.3 Å². The van der Waals surface area contributed by atoms with Crippen molar-refractivity contribution < 1.29 is 18.9 Å². The number of fused-ring (bicyclic) bond motifs is 1. The molecule has 0 bridgehead atoms. The van der Waals surface area contributed by atoms with Crippen molar-refractivity contribution in [1.82, 2.24) is 5.32 Å². The molecule has 1 N–H and O–H groups in total. The van der Waals surface area contributed by atoms with E-state index in [2.05, 4.69) is 5.32 Å². The van der Waals surface area contributed by atoms with Gasteiger partial charge in [0.2, 0.25) is 5.91 Å². The Bertz CT molecular complexity index is 979. The van der Waals surface area contributed by atoms with Crippen LogP contribution in [0.5, 0.6) is 5.75 Å². The molecule has 0 aliphatic carbocycles. The first-order chi connectivity index (χ1) is 13.0. The van der Waals surface area contributed by atoms with E-state index in [1.54, 1.807) is 25.1 Å². The monoisotopic (exact) mass is 368 g/mol. The minimum atomic E-state index is -0.486. The predicted molar refractivity (Wildman–Crippen MR) is 101 cm³/mol. The molecule has 1 atom stereocenters. The second-order valence-corrected chi connectivity index (χ2v) is 6.11. The van der Waals surface area contributed by atoms with Gasteiger partial charge in [0.1, 0.15) is 5.76 Å². The Balaban J connectivity index is 1.74. The normalized spacial score (nSPS) is 11.9. The molecule has 0 aliphatic rings. The zero-order valence-electron chi connectivity index (χ0n) is 15.1. The Morgan fingerprint density at radius 1 is 1.26 bits per heavy atom. The van der Waals surface area contributed by atoms with E-state index in [1.807, 2.05) is 31.2 Å². The summed E-state index contributed by atoms with van der Waals surface area (Å²) in [5, 5.41) is 14.8. The number of nitro benzene ring substituents is 1. The second kappa shape index (κ2) is 7.90. The summed E-state index contributed by atoms with van der Waals surface area (Å²) in [5.41, 5.74) is 0.940. The molecule has 0 fully saturated rings. The molecule has 1 amide bonds. The molecular weight excluding hydrogens is 348 g/mol. The number of ether oxygens (including phenoxy) is 1. The Morgan fingerprint density at radius 3 is 2.78 bits per heavy atom. The van der Waals surface area contributed by atoms with Gasteiger partial charge in [0, 0.05) is 17.0 Å². The van der Waals surface area contributed by atoms with Gasteiger partial charge in [0.15, 0.2) is 11.3 Å². The van der Waals surface area contributed by atoms with Gasteiger partial charge in [0.25, 0.3) is 5.69 Å². The van der Waals surface area contributed by atoms with E-state index >= 15 is 0 Å². The number of carbonyl (C=O) groups is 1. The molecule has 0 saturated carbocycles. The first kappa shape index (κ1) is 18.4. The molecule has 140 valence electrons. The zero-order valence-corrected chi connectivity index (χ0v) is 15.1. The van der Waals surface area contributed by atoms with Crippen LogP contribution in [0.25, 0.3) is 11.0 Å². The highest BCUT2D eigenvalue weighted by molar-refractivity contribution is 5.84. The second-order valence-electron chi connectivity index (χ2n) is 6.11. The number of amides is 1. The van der Waals surface area contributed by atoms with Crippen LogP contribution in [0.2, 0.25) is 0 Å². The van der Waals surface area contributed by atoms with Crippen LogP contribution in [0.3, 0.4) is 0 Å². The largest absolute Gasteiger partial charge is 0.490 e. The highest BCUT2D eigenvalue weighted by atomic mass is 16.6. The maximum absolute atomic E-state index is 12.4. The van der Waals surface area contributed by atoms with Crippen molar-refractivity contribution in [3.63, 3.8) is 0 Å². The van der Waals surface area contributed by atoms with Crippen LogP contribution in [-0.4, -0.2) is 17.4 Å². The summed E-state index contributed by atoms with van der Waals surface area (Å²) >= 11 is 0. The van der Waals surface area contributed by atoms with Gasteiger partial charge < -0.3 is 14.5 Å². The third-order valence-corrected chi connectivity index (χ3v) is 4.17. The van der Waals surface area contributed by atoms with Gasteiger partial charge in [0.05, 0.1) is 24.0 Å². The molecule has 0 aliphatic heterocycles. The summed E-state index contributed by atoms with van der Waals surface area (Å²) in [7, 11) is 0. The third kappa shape index (κ3) is 4.08. The van der Waals surface area contributed by atoms with Gasteiger partial charge in [-0.3, -0.25) is 14.9 Å². The van der Waals surface area contributed by atoms with E-state index in [1.165, 1.54) is 6.07 Å². The number of nitrogens with one attached hydrogen (secondary N) is 1. The number of para-hydroxylation sites is 2. The van der Waals surface area contributed by atoms with E-state index in [0.29, 0.717) is 29.3 Å². The molecular formula is C20H20N2O5. The maximum Gasteiger partial charge on any atom is 0.273 e. The lowest BCUT2D eigenvalue weighted by molar-refractivity contribution is -0.385. The van der Waals surface area contributed by atoms with E-state index < -0.39 is 4.92 Å². The molecule has 3 aromatic rings. The first-order valence-electron chi connectivity index (χ1n) is 8.66. The van der Waals surface area contributed by atoms with Crippen molar-refractivity contribution in [2.45, 2.75) is 26.3 Å². The number of rotatable bonds is 7. The van der Waals surface area contributed by atoms with Crippen molar-refractivity contribution in [2.24, 2.45) is 0 Å². The highest BCUT2D eigenvalue weighted by Gasteiger charge is 2.19.